The molecule has 0 aliphatic carbocycles. The van der Waals surface area contributed by atoms with Crippen LogP contribution in [-0.4, -0.2) is 36.1 Å². The van der Waals surface area contributed by atoms with Gasteiger partial charge in [0, 0.05) is 23.3 Å². The van der Waals surface area contributed by atoms with Crippen molar-refractivity contribution in [2.45, 2.75) is 18.9 Å². The van der Waals surface area contributed by atoms with E-state index in [9.17, 15) is 0 Å². The van der Waals surface area contributed by atoms with Gasteiger partial charge in [-0.1, -0.05) is 0 Å². The summed E-state index contributed by atoms with van der Waals surface area (Å²) < 4.78 is 0. The van der Waals surface area contributed by atoms with Crippen molar-refractivity contribution in [3.63, 3.8) is 0 Å². The van der Waals surface area contributed by atoms with Crippen molar-refractivity contribution in [2.75, 3.05) is 31.2 Å². The molecule has 3 N–H and O–H groups in total. The average Bonchev–Trinajstić information content (AvgIpc) is 2.41. The van der Waals surface area contributed by atoms with E-state index >= 15 is 0 Å². The minimum Gasteiger partial charge on any atom is -0.399 e. The van der Waals surface area contributed by atoms with E-state index in [2.05, 4.69) is 28.3 Å². The van der Waals surface area contributed by atoms with Crippen LogP contribution in [-0.2, 0) is 0 Å². The van der Waals surface area contributed by atoms with Gasteiger partial charge in [-0.25, -0.2) is 4.98 Å². The highest BCUT2D eigenvalue weighted by molar-refractivity contribution is 5.93. The van der Waals surface area contributed by atoms with Crippen molar-refractivity contribution in [1.29, 1.82) is 0 Å². The van der Waals surface area contributed by atoms with E-state index in [0.29, 0.717) is 6.04 Å². The highest BCUT2D eigenvalue weighted by Gasteiger charge is 2.17. The first-order chi connectivity index (χ1) is 9.22. The molecular formula is C15H20N4. The molecule has 1 fully saturated rings. The van der Waals surface area contributed by atoms with Gasteiger partial charge in [-0.3, -0.25) is 0 Å². The molecule has 0 amide bonds. The molecule has 1 aromatic carbocycles. The predicted octanol–water partition coefficient (Wildman–Crippen LogP) is 2.32. The topological polar surface area (TPSA) is 54.2 Å². The second kappa shape index (κ2) is 5.05. The van der Waals surface area contributed by atoms with Gasteiger partial charge in [0.1, 0.15) is 5.82 Å². The fourth-order valence-electron chi connectivity index (χ4n) is 2.66. The van der Waals surface area contributed by atoms with E-state index in [4.69, 9.17) is 5.73 Å². The molecule has 100 valence electrons. The Morgan fingerprint density at radius 2 is 2.05 bits per heavy atom. The van der Waals surface area contributed by atoms with Crippen molar-refractivity contribution in [1.82, 2.24) is 9.88 Å². The number of nitrogens with two attached hydrogens (primary N) is 1. The summed E-state index contributed by atoms with van der Waals surface area (Å²) in [5.74, 6) is 0.979. The number of aromatic nitrogens is 1. The Morgan fingerprint density at radius 3 is 2.84 bits per heavy atom. The molecule has 1 aromatic heterocycles. The zero-order chi connectivity index (χ0) is 13.2. The zero-order valence-corrected chi connectivity index (χ0v) is 11.3. The number of piperidine rings is 1. The highest BCUT2D eigenvalue weighted by Crippen LogP contribution is 2.25. The molecule has 1 aliphatic rings. The second-order valence-electron chi connectivity index (χ2n) is 5.36. The predicted molar refractivity (Wildman–Crippen MR) is 80.3 cm³/mol. The van der Waals surface area contributed by atoms with Gasteiger partial charge in [0.25, 0.3) is 0 Å². The van der Waals surface area contributed by atoms with Crippen LogP contribution in [0.3, 0.4) is 0 Å². The Balaban J connectivity index is 1.84. The lowest BCUT2D eigenvalue weighted by Crippen LogP contribution is -2.36. The number of likely N-dealkylation sites (tertiary alicyclic amines) is 1. The summed E-state index contributed by atoms with van der Waals surface area (Å²) in [6, 6.07) is 8.51. The van der Waals surface area contributed by atoms with Crippen molar-refractivity contribution in [3.8, 4) is 0 Å². The van der Waals surface area contributed by atoms with Gasteiger partial charge in [-0.15, -0.1) is 0 Å². The summed E-state index contributed by atoms with van der Waals surface area (Å²) in [4.78, 5) is 6.85. The molecule has 2 heterocycles. The maximum absolute atomic E-state index is 5.83. The molecule has 4 nitrogen and oxygen atoms in total. The molecule has 4 heteroatoms. The molecule has 0 saturated carbocycles. The fourth-order valence-corrected chi connectivity index (χ4v) is 2.66. The number of nitrogens with one attached hydrogen (secondary N) is 1. The molecule has 0 bridgehead atoms. The third kappa shape index (κ3) is 2.63. The molecule has 0 radical (unpaired) electrons. The van der Waals surface area contributed by atoms with Crippen LogP contribution >= 0.6 is 0 Å². The van der Waals surface area contributed by atoms with Gasteiger partial charge < -0.3 is 16.0 Å². The Hall–Kier alpha value is -1.81. The number of pyridine rings is 1. The molecular weight excluding hydrogens is 236 g/mol. The first-order valence-corrected chi connectivity index (χ1v) is 6.82. The van der Waals surface area contributed by atoms with Crippen molar-refractivity contribution < 1.29 is 0 Å². The third-order valence-electron chi connectivity index (χ3n) is 3.85. The summed E-state index contributed by atoms with van der Waals surface area (Å²) in [7, 11) is 2.18. The summed E-state index contributed by atoms with van der Waals surface area (Å²) in [6.07, 6.45) is 4.19. The van der Waals surface area contributed by atoms with E-state index in [-0.39, 0.29) is 0 Å². The Morgan fingerprint density at radius 1 is 1.26 bits per heavy atom. The number of nitrogen functional groups attached to an aromatic ring is 1. The van der Waals surface area contributed by atoms with Crippen LogP contribution in [0.15, 0.2) is 30.5 Å². The smallest absolute Gasteiger partial charge is 0.134 e. The van der Waals surface area contributed by atoms with Gasteiger partial charge in [0.2, 0.25) is 0 Å². The zero-order valence-electron chi connectivity index (χ0n) is 11.3. The van der Waals surface area contributed by atoms with Crippen LogP contribution in [0.2, 0.25) is 0 Å². The number of hydrogen-bond donors (Lipinski definition) is 2. The monoisotopic (exact) mass is 256 g/mol. The molecule has 0 unspecified atom stereocenters. The van der Waals surface area contributed by atoms with Gasteiger partial charge >= 0.3 is 0 Å². The van der Waals surface area contributed by atoms with Crippen LogP contribution in [0.25, 0.3) is 10.8 Å². The molecule has 0 spiro atoms. The Kier molecular flexibility index (Phi) is 3.25. The largest absolute Gasteiger partial charge is 0.399 e. The molecule has 1 saturated heterocycles. The SMILES string of the molecule is CN1CCC(Nc2nccc3cc(N)ccc23)CC1. The minimum absolute atomic E-state index is 0.520. The van der Waals surface area contributed by atoms with Crippen LogP contribution < -0.4 is 11.1 Å². The van der Waals surface area contributed by atoms with Gasteiger partial charge in [0.15, 0.2) is 0 Å². The normalized spacial score (nSPS) is 17.7. The van der Waals surface area contributed by atoms with E-state index < -0.39 is 0 Å². The molecule has 19 heavy (non-hydrogen) atoms. The number of fused-ring (bicyclic) bond motifs is 1. The Bertz CT molecular complexity index is 573. The van der Waals surface area contributed by atoms with Gasteiger partial charge in [-0.2, -0.15) is 0 Å². The Labute approximate surface area is 113 Å². The fraction of sp³-hybridized carbons (Fsp3) is 0.400. The third-order valence-corrected chi connectivity index (χ3v) is 3.85. The quantitative estimate of drug-likeness (QED) is 0.810. The maximum atomic E-state index is 5.83. The van der Waals surface area contributed by atoms with E-state index in [1.165, 1.54) is 12.8 Å². The van der Waals surface area contributed by atoms with Crippen LogP contribution in [0.4, 0.5) is 11.5 Å². The first kappa shape index (κ1) is 12.2. The molecule has 0 atom stereocenters. The summed E-state index contributed by atoms with van der Waals surface area (Å²) in [5.41, 5.74) is 6.62. The van der Waals surface area contributed by atoms with Crippen LogP contribution in [0.1, 0.15) is 12.8 Å². The second-order valence-corrected chi connectivity index (χ2v) is 5.36. The number of rotatable bonds is 2. The van der Waals surface area contributed by atoms with E-state index in [1.54, 1.807) is 0 Å². The molecule has 3 rings (SSSR count). The number of nitrogens with zero attached hydrogens (tertiary/aromatic N) is 2. The van der Waals surface area contributed by atoms with E-state index in [1.807, 2.05) is 24.4 Å². The lowest BCUT2D eigenvalue weighted by molar-refractivity contribution is 0.264. The minimum atomic E-state index is 0.520. The lowest BCUT2D eigenvalue weighted by Gasteiger charge is -2.30. The first-order valence-electron chi connectivity index (χ1n) is 6.82. The lowest BCUT2D eigenvalue weighted by atomic mass is 10.0. The summed E-state index contributed by atoms with van der Waals surface area (Å²) >= 11 is 0. The van der Waals surface area contributed by atoms with Crippen molar-refractivity contribution in [3.05, 3.63) is 30.5 Å². The number of benzene rings is 1. The molecule has 1 aliphatic heterocycles. The average molecular weight is 256 g/mol. The molecule has 2 aromatic rings. The standard InChI is InChI=1S/C15H20N4/c1-19-8-5-13(6-9-19)18-15-14-3-2-12(16)10-11(14)4-7-17-15/h2-4,7,10,13H,5-6,8-9,16H2,1H3,(H,17,18). The highest BCUT2D eigenvalue weighted by atomic mass is 15.1. The van der Waals surface area contributed by atoms with Crippen molar-refractivity contribution in [2.24, 2.45) is 0 Å². The van der Waals surface area contributed by atoms with Crippen LogP contribution in [0.5, 0.6) is 0 Å². The number of anilines is 2. The van der Waals surface area contributed by atoms with Crippen molar-refractivity contribution >= 4 is 22.3 Å². The van der Waals surface area contributed by atoms with Gasteiger partial charge in [-0.05, 0) is 62.6 Å². The summed E-state index contributed by atoms with van der Waals surface area (Å²) in [6.45, 7) is 2.30. The number of hydrogen-bond acceptors (Lipinski definition) is 4. The van der Waals surface area contributed by atoms with E-state index in [0.717, 1.165) is 35.4 Å². The maximum Gasteiger partial charge on any atom is 0.134 e. The van der Waals surface area contributed by atoms with Gasteiger partial charge in [0.05, 0.1) is 0 Å². The van der Waals surface area contributed by atoms with Crippen LogP contribution in [0, 0.1) is 0 Å². The summed E-state index contributed by atoms with van der Waals surface area (Å²) in [5, 5.41) is 5.88.